The van der Waals surface area contributed by atoms with E-state index in [2.05, 4.69) is 4.98 Å². The normalized spacial score (nSPS) is 12.1. The van der Waals surface area contributed by atoms with Gasteiger partial charge in [-0.2, -0.15) is 4.31 Å². The number of ether oxygens (including phenoxy) is 1. The van der Waals surface area contributed by atoms with Crippen molar-refractivity contribution in [3.8, 4) is 17.0 Å². The average molecular weight is 588 g/mol. The third-order valence-electron chi connectivity index (χ3n) is 6.09. The molecule has 0 saturated carbocycles. The lowest BCUT2D eigenvalue weighted by atomic mass is 10.1. The Balaban J connectivity index is 1.60. The van der Waals surface area contributed by atoms with Crippen LogP contribution in [0.25, 0.3) is 11.3 Å². The number of phenols is 1. The first-order chi connectivity index (χ1) is 18.8. The molecule has 10 heteroatoms. The molecule has 0 bridgehead atoms. The van der Waals surface area contributed by atoms with Crippen molar-refractivity contribution >= 4 is 27.6 Å². The van der Waals surface area contributed by atoms with Crippen LogP contribution in [0, 0.1) is 0 Å². The molecule has 1 heterocycles. The van der Waals surface area contributed by atoms with E-state index in [9.17, 15) is 18.3 Å². The van der Waals surface area contributed by atoms with Crippen molar-refractivity contribution in [1.29, 1.82) is 0 Å². The Hall–Kier alpha value is -3.01. The van der Waals surface area contributed by atoms with E-state index in [1.54, 1.807) is 18.3 Å². The molecule has 8 nitrogen and oxygen atoms in total. The summed E-state index contributed by atoms with van der Waals surface area (Å²) in [7, 11) is -3.45. The maximum absolute atomic E-state index is 12.5. The van der Waals surface area contributed by atoms with Crippen LogP contribution in [-0.4, -0.2) is 52.2 Å². The van der Waals surface area contributed by atoms with Gasteiger partial charge < -0.3 is 9.84 Å². The van der Waals surface area contributed by atoms with Crippen LogP contribution in [0.2, 0.25) is 5.02 Å². The number of esters is 1. The molecule has 0 saturated heterocycles. The minimum absolute atomic E-state index is 0.0709. The number of sulfonamides is 1. The van der Waals surface area contributed by atoms with Crippen LogP contribution in [0.15, 0.2) is 54.7 Å². The number of rotatable bonds is 13. The molecule has 0 amide bonds. The fourth-order valence-corrected chi connectivity index (χ4v) is 5.23. The molecular weight excluding hydrogens is 550 g/mol. The number of carbonyl (C=O) groups is 1. The molecule has 40 heavy (non-hydrogen) atoms. The Bertz CT molecular complexity index is 1410. The summed E-state index contributed by atoms with van der Waals surface area (Å²) < 4.78 is 31.7. The lowest BCUT2D eigenvalue weighted by Crippen LogP contribution is -2.30. The highest BCUT2D eigenvalue weighted by Gasteiger charge is 2.19. The summed E-state index contributed by atoms with van der Waals surface area (Å²) in [6, 6.07) is 14.7. The van der Waals surface area contributed by atoms with Crippen LogP contribution in [0.4, 0.5) is 0 Å². The van der Waals surface area contributed by atoms with Gasteiger partial charge in [0.2, 0.25) is 10.0 Å². The van der Waals surface area contributed by atoms with Crippen LogP contribution >= 0.6 is 11.6 Å². The minimum atomic E-state index is -3.45. The molecule has 0 fully saturated rings. The molecule has 0 spiro atoms. The number of phenolic OH excluding ortho intramolecular Hbond substituents is 1. The molecule has 2 aromatic carbocycles. The SMILES string of the molecule is CC(C)(C)OC(=O)CCCCN(Cc1cccc(-c2ccnc(CCCc3ccc(O)c(Cl)c3)n2)c1)S(C)(=O)=O. The molecule has 1 aromatic heterocycles. The lowest BCUT2D eigenvalue weighted by molar-refractivity contribution is -0.154. The Kier molecular flexibility index (Phi) is 11.1. The Morgan fingerprint density at radius 2 is 1.80 bits per heavy atom. The van der Waals surface area contributed by atoms with Gasteiger partial charge in [-0.15, -0.1) is 0 Å². The Labute approximate surface area is 242 Å². The van der Waals surface area contributed by atoms with Crippen molar-refractivity contribution in [3.05, 3.63) is 76.7 Å². The summed E-state index contributed by atoms with van der Waals surface area (Å²) in [6.07, 6.45) is 6.56. The highest BCUT2D eigenvalue weighted by Crippen LogP contribution is 2.25. The van der Waals surface area contributed by atoms with Crippen LogP contribution in [-0.2, 0) is 38.9 Å². The van der Waals surface area contributed by atoms with E-state index in [0.29, 0.717) is 30.8 Å². The van der Waals surface area contributed by atoms with E-state index < -0.39 is 15.6 Å². The molecule has 1 N–H and O–H groups in total. The van der Waals surface area contributed by atoms with Gasteiger partial charge in [0.15, 0.2) is 0 Å². The maximum Gasteiger partial charge on any atom is 0.306 e. The fourth-order valence-electron chi connectivity index (χ4n) is 4.18. The molecule has 0 aliphatic carbocycles. The predicted octanol–water partition coefficient (Wildman–Crippen LogP) is 5.95. The number of hydrogen-bond donors (Lipinski definition) is 1. The number of benzene rings is 2. The molecule has 3 aromatic rings. The van der Waals surface area contributed by atoms with Crippen molar-refractivity contribution < 1.29 is 23.1 Å². The summed E-state index contributed by atoms with van der Waals surface area (Å²) in [6.45, 7) is 6.01. The average Bonchev–Trinajstić information content (AvgIpc) is 2.87. The molecule has 216 valence electrons. The van der Waals surface area contributed by atoms with Gasteiger partial charge in [-0.3, -0.25) is 4.79 Å². The summed E-state index contributed by atoms with van der Waals surface area (Å²) in [5.41, 5.74) is 2.99. The van der Waals surface area contributed by atoms with E-state index in [4.69, 9.17) is 21.3 Å². The van der Waals surface area contributed by atoms with E-state index in [1.165, 1.54) is 10.6 Å². The Morgan fingerprint density at radius 3 is 2.50 bits per heavy atom. The van der Waals surface area contributed by atoms with Crippen molar-refractivity contribution in [2.75, 3.05) is 12.8 Å². The minimum Gasteiger partial charge on any atom is -0.506 e. The van der Waals surface area contributed by atoms with Gasteiger partial charge in [0.05, 0.1) is 17.0 Å². The fraction of sp³-hybridized carbons (Fsp3) is 0.433. The van der Waals surface area contributed by atoms with Gasteiger partial charge in [-0.05, 0) is 81.8 Å². The maximum atomic E-state index is 12.5. The lowest BCUT2D eigenvalue weighted by Gasteiger charge is -2.21. The third kappa shape index (κ3) is 10.5. The molecule has 0 radical (unpaired) electrons. The van der Waals surface area contributed by atoms with E-state index in [1.807, 2.05) is 57.2 Å². The van der Waals surface area contributed by atoms with Crippen molar-refractivity contribution in [2.45, 2.75) is 71.4 Å². The van der Waals surface area contributed by atoms with Crippen molar-refractivity contribution in [3.63, 3.8) is 0 Å². The molecule has 0 unspecified atom stereocenters. The zero-order valence-electron chi connectivity index (χ0n) is 23.6. The number of carbonyl (C=O) groups excluding carboxylic acids is 1. The number of aryl methyl sites for hydroxylation is 2. The van der Waals surface area contributed by atoms with Gasteiger partial charge >= 0.3 is 5.97 Å². The van der Waals surface area contributed by atoms with E-state index in [0.717, 1.165) is 41.1 Å². The number of nitrogens with zero attached hydrogens (tertiary/aromatic N) is 3. The first-order valence-electron chi connectivity index (χ1n) is 13.4. The van der Waals surface area contributed by atoms with E-state index in [-0.39, 0.29) is 24.7 Å². The van der Waals surface area contributed by atoms with Crippen LogP contribution in [0.3, 0.4) is 0 Å². The number of aromatic nitrogens is 2. The number of hydrogen-bond acceptors (Lipinski definition) is 7. The van der Waals surface area contributed by atoms with Gasteiger partial charge in [0.25, 0.3) is 0 Å². The highest BCUT2D eigenvalue weighted by molar-refractivity contribution is 7.88. The molecule has 3 rings (SSSR count). The second-order valence-corrected chi connectivity index (χ2v) is 13.2. The summed E-state index contributed by atoms with van der Waals surface area (Å²) in [4.78, 5) is 21.1. The third-order valence-corrected chi connectivity index (χ3v) is 7.64. The van der Waals surface area contributed by atoms with Crippen molar-refractivity contribution in [2.24, 2.45) is 0 Å². The monoisotopic (exact) mass is 587 g/mol. The van der Waals surface area contributed by atoms with Crippen LogP contribution in [0.5, 0.6) is 5.75 Å². The summed E-state index contributed by atoms with van der Waals surface area (Å²) >= 11 is 6.00. The van der Waals surface area contributed by atoms with Crippen LogP contribution < -0.4 is 0 Å². The smallest absolute Gasteiger partial charge is 0.306 e. The zero-order valence-corrected chi connectivity index (χ0v) is 25.1. The topological polar surface area (TPSA) is 110 Å². The van der Waals surface area contributed by atoms with Crippen molar-refractivity contribution in [1.82, 2.24) is 14.3 Å². The van der Waals surface area contributed by atoms with Gasteiger partial charge in [0, 0.05) is 37.7 Å². The number of halogens is 1. The molecule has 0 atom stereocenters. The van der Waals surface area contributed by atoms with Crippen LogP contribution in [0.1, 0.15) is 63.4 Å². The molecular formula is C30H38ClN3O5S. The Morgan fingerprint density at radius 1 is 1.02 bits per heavy atom. The number of aromatic hydroxyl groups is 1. The predicted molar refractivity (Wildman–Crippen MR) is 158 cm³/mol. The second kappa shape index (κ2) is 14.1. The van der Waals surface area contributed by atoms with Gasteiger partial charge in [0.1, 0.15) is 17.2 Å². The quantitative estimate of drug-likeness (QED) is 0.194. The zero-order chi connectivity index (χ0) is 29.3. The largest absolute Gasteiger partial charge is 0.506 e. The van der Waals surface area contributed by atoms with E-state index >= 15 is 0 Å². The first kappa shape index (κ1) is 31.5. The molecule has 0 aliphatic heterocycles. The summed E-state index contributed by atoms with van der Waals surface area (Å²) in [5, 5.41) is 9.93. The number of unbranched alkanes of at least 4 members (excludes halogenated alkanes) is 1. The standard InChI is InChI=1S/C30H38ClN3O5S/c1-30(2,3)39-29(36)13-5-6-18-34(40(4,37)38)21-23-10-7-11-24(19-23)26-16-17-32-28(33-26)12-8-9-22-14-15-27(35)25(31)20-22/h7,10-11,14-17,19-20,35H,5-6,8-9,12-13,18,21H2,1-4H3. The first-order valence-corrected chi connectivity index (χ1v) is 15.6. The molecule has 0 aliphatic rings. The highest BCUT2D eigenvalue weighted by atomic mass is 35.5. The second-order valence-electron chi connectivity index (χ2n) is 10.8. The summed E-state index contributed by atoms with van der Waals surface area (Å²) in [5.74, 6) is 0.511. The van der Waals surface area contributed by atoms with Gasteiger partial charge in [-0.1, -0.05) is 35.9 Å². The van der Waals surface area contributed by atoms with Gasteiger partial charge in [-0.25, -0.2) is 18.4 Å².